The van der Waals surface area contributed by atoms with Crippen molar-refractivity contribution < 1.29 is 4.79 Å². The number of nitrogens with one attached hydrogen (secondary N) is 1. The van der Waals surface area contributed by atoms with E-state index in [4.69, 9.17) is 4.98 Å². The van der Waals surface area contributed by atoms with Crippen LogP contribution >= 0.6 is 11.3 Å². The van der Waals surface area contributed by atoms with Gasteiger partial charge < -0.3 is 10.2 Å². The number of anilines is 1. The topological polar surface area (TPSA) is 58.1 Å². The second-order valence-electron chi connectivity index (χ2n) is 5.46. The summed E-state index contributed by atoms with van der Waals surface area (Å²) in [4.78, 5) is 22.8. The molecule has 0 aliphatic rings. The van der Waals surface area contributed by atoms with Gasteiger partial charge in [-0.15, -0.1) is 11.3 Å². The molecule has 5 nitrogen and oxygen atoms in total. The molecule has 1 aromatic carbocycles. The molecule has 2 heterocycles. The fourth-order valence-electron chi connectivity index (χ4n) is 2.50. The third-order valence-corrected chi connectivity index (χ3v) is 4.76. The average Bonchev–Trinajstić information content (AvgIpc) is 3.14. The van der Waals surface area contributed by atoms with Gasteiger partial charge in [-0.3, -0.25) is 4.98 Å². The van der Waals surface area contributed by atoms with Crippen molar-refractivity contribution in [2.75, 3.05) is 18.4 Å². The molecule has 0 radical (unpaired) electrons. The van der Waals surface area contributed by atoms with E-state index in [1.54, 1.807) is 22.4 Å². The van der Waals surface area contributed by atoms with Gasteiger partial charge in [-0.05, 0) is 38.1 Å². The number of thiazole rings is 1. The Morgan fingerprint density at radius 3 is 2.68 bits per heavy atom. The van der Waals surface area contributed by atoms with Gasteiger partial charge in [-0.25, -0.2) is 9.78 Å². The first-order chi connectivity index (χ1) is 12.2. The van der Waals surface area contributed by atoms with E-state index in [-0.39, 0.29) is 6.03 Å². The molecule has 0 bridgehead atoms. The van der Waals surface area contributed by atoms with E-state index < -0.39 is 0 Å². The zero-order chi connectivity index (χ0) is 17.6. The number of carbonyl (C=O) groups is 1. The number of urea groups is 1. The smallest absolute Gasteiger partial charge is 0.321 e. The van der Waals surface area contributed by atoms with Crippen LogP contribution in [0.4, 0.5) is 10.5 Å². The Kier molecular flexibility index (Phi) is 5.40. The molecule has 2 aromatic heterocycles. The normalized spacial score (nSPS) is 10.5. The maximum absolute atomic E-state index is 12.2. The molecule has 6 heteroatoms. The molecule has 3 aromatic rings. The molecule has 25 heavy (non-hydrogen) atoms. The van der Waals surface area contributed by atoms with Crippen LogP contribution in [0.25, 0.3) is 21.8 Å². The Bertz CT molecular complexity index is 843. The maximum atomic E-state index is 12.2. The molecular weight excluding hydrogens is 332 g/mol. The highest BCUT2D eigenvalue weighted by Gasteiger charge is 2.11. The highest BCUT2D eigenvalue weighted by molar-refractivity contribution is 7.13. The monoisotopic (exact) mass is 352 g/mol. The van der Waals surface area contributed by atoms with Gasteiger partial charge >= 0.3 is 6.03 Å². The number of hydrogen-bond acceptors (Lipinski definition) is 4. The lowest BCUT2D eigenvalue weighted by molar-refractivity contribution is 0.217. The van der Waals surface area contributed by atoms with Crippen molar-refractivity contribution in [1.82, 2.24) is 14.9 Å². The van der Waals surface area contributed by atoms with Crippen LogP contribution in [0.2, 0.25) is 0 Å². The number of rotatable bonds is 5. The summed E-state index contributed by atoms with van der Waals surface area (Å²) in [5.74, 6) is 0. The van der Waals surface area contributed by atoms with Crippen molar-refractivity contribution in [2.24, 2.45) is 0 Å². The van der Waals surface area contributed by atoms with Crippen molar-refractivity contribution in [1.29, 1.82) is 0 Å². The van der Waals surface area contributed by atoms with Crippen LogP contribution in [-0.2, 0) is 0 Å². The Morgan fingerprint density at radius 1 is 1.16 bits per heavy atom. The van der Waals surface area contributed by atoms with Gasteiger partial charge in [0, 0.05) is 47.7 Å². The zero-order valence-electron chi connectivity index (χ0n) is 14.3. The summed E-state index contributed by atoms with van der Waals surface area (Å²) in [5.41, 5.74) is 3.64. The number of hydrogen-bond donors (Lipinski definition) is 1. The van der Waals surface area contributed by atoms with Crippen molar-refractivity contribution in [2.45, 2.75) is 13.8 Å². The number of aromatic nitrogens is 2. The molecular formula is C19H20N4OS. The molecule has 0 saturated carbocycles. The fourth-order valence-corrected chi connectivity index (χ4v) is 3.32. The molecule has 128 valence electrons. The van der Waals surface area contributed by atoms with Crippen molar-refractivity contribution in [3.63, 3.8) is 0 Å². The Hall–Kier alpha value is -2.73. The van der Waals surface area contributed by atoms with Crippen LogP contribution in [0.3, 0.4) is 0 Å². The van der Waals surface area contributed by atoms with Gasteiger partial charge in [0.05, 0.1) is 5.69 Å². The van der Waals surface area contributed by atoms with E-state index in [0.29, 0.717) is 13.1 Å². The Labute approximate surface area is 151 Å². The lowest BCUT2D eigenvalue weighted by atomic mass is 10.1. The maximum Gasteiger partial charge on any atom is 0.321 e. The minimum atomic E-state index is -0.0866. The third-order valence-electron chi connectivity index (χ3n) is 3.87. The summed E-state index contributed by atoms with van der Waals surface area (Å²) < 4.78 is 0. The first kappa shape index (κ1) is 17.1. The molecule has 3 rings (SSSR count). The number of pyridine rings is 1. The predicted octanol–water partition coefficient (Wildman–Crippen LogP) is 4.75. The minimum absolute atomic E-state index is 0.0866. The molecule has 0 aliphatic heterocycles. The van der Waals surface area contributed by atoms with Crippen LogP contribution in [0.1, 0.15) is 13.8 Å². The Balaban J connectivity index is 1.80. The molecule has 1 N–H and O–H groups in total. The van der Waals surface area contributed by atoms with E-state index in [1.165, 1.54) is 0 Å². The standard InChI is InChI=1S/C19H20N4OS/c1-3-23(4-2)19(24)21-16-9-5-7-14(11-16)17-13-25-18(22-17)15-8-6-10-20-12-15/h5-13H,3-4H2,1-2H3,(H,21,24). The minimum Gasteiger partial charge on any atom is -0.325 e. The number of benzene rings is 1. The van der Waals surface area contributed by atoms with Gasteiger partial charge in [0.1, 0.15) is 5.01 Å². The average molecular weight is 352 g/mol. The van der Waals surface area contributed by atoms with E-state index >= 15 is 0 Å². The number of nitrogens with zero attached hydrogens (tertiary/aromatic N) is 3. The third kappa shape index (κ3) is 4.03. The summed E-state index contributed by atoms with van der Waals surface area (Å²) in [5, 5.41) is 5.90. The van der Waals surface area contributed by atoms with Gasteiger partial charge in [0.25, 0.3) is 0 Å². The lowest BCUT2D eigenvalue weighted by Crippen LogP contribution is -2.34. The van der Waals surface area contributed by atoms with E-state index in [1.807, 2.05) is 61.8 Å². The molecule has 2 amide bonds. The molecule has 0 saturated heterocycles. The first-order valence-electron chi connectivity index (χ1n) is 8.23. The molecule has 0 fully saturated rings. The Morgan fingerprint density at radius 2 is 1.96 bits per heavy atom. The van der Waals surface area contributed by atoms with Crippen molar-refractivity contribution in [3.05, 3.63) is 54.2 Å². The predicted molar refractivity (Wildman–Crippen MR) is 103 cm³/mol. The van der Waals surface area contributed by atoms with Gasteiger partial charge in [0.2, 0.25) is 0 Å². The number of amides is 2. The fraction of sp³-hybridized carbons (Fsp3) is 0.211. The second kappa shape index (κ2) is 7.90. The summed E-state index contributed by atoms with van der Waals surface area (Å²) in [6.07, 6.45) is 3.56. The lowest BCUT2D eigenvalue weighted by Gasteiger charge is -2.19. The van der Waals surface area contributed by atoms with Gasteiger partial charge in [-0.2, -0.15) is 0 Å². The van der Waals surface area contributed by atoms with Crippen LogP contribution < -0.4 is 5.32 Å². The van der Waals surface area contributed by atoms with Crippen LogP contribution in [-0.4, -0.2) is 34.0 Å². The van der Waals surface area contributed by atoms with Crippen molar-refractivity contribution >= 4 is 23.1 Å². The van der Waals surface area contributed by atoms with E-state index in [0.717, 1.165) is 27.5 Å². The SMILES string of the molecule is CCN(CC)C(=O)Nc1cccc(-c2csc(-c3cccnc3)n2)c1. The summed E-state index contributed by atoms with van der Waals surface area (Å²) in [6, 6.07) is 11.6. The quantitative estimate of drug-likeness (QED) is 0.721. The highest BCUT2D eigenvalue weighted by atomic mass is 32.1. The van der Waals surface area contributed by atoms with Gasteiger partial charge in [-0.1, -0.05) is 12.1 Å². The number of carbonyl (C=O) groups excluding carboxylic acids is 1. The van der Waals surface area contributed by atoms with Crippen LogP contribution in [0, 0.1) is 0 Å². The first-order valence-corrected chi connectivity index (χ1v) is 9.11. The van der Waals surface area contributed by atoms with Crippen molar-refractivity contribution in [3.8, 4) is 21.8 Å². The second-order valence-corrected chi connectivity index (χ2v) is 6.32. The molecule has 0 spiro atoms. The zero-order valence-corrected chi connectivity index (χ0v) is 15.1. The van der Waals surface area contributed by atoms with E-state index in [2.05, 4.69) is 10.3 Å². The summed E-state index contributed by atoms with van der Waals surface area (Å²) in [7, 11) is 0. The molecule has 0 aliphatic carbocycles. The van der Waals surface area contributed by atoms with E-state index in [9.17, 15) is 4.79 Å². The van der Waals surface area contributed by atoms with Crippen LogP contribution in [0.5, 0.6) is 0 Å². The molecule has 0 atom stereocenters. The highest BCUT2D eigenvalue weighted by Crippen LogP contribution is 2.29. The largest absolute Gasteiger partial charge is 0.325 e. The van der Waals surface area contributed by atoms with Gasteiger partial charge in [0.15, 0.2) is 0 Å². The molecule has 0 unspecified atom stereocenters. The summed E-state index contributed by atoms with van der Waals surface area (Å²) in [6.45, 7) is 5.30. The summed E-state index contributed by atoms with van der Waals surface area (Å²) >= 11 is 1.58. The van der Waals surface area contributed by atoms with Crippen LogP contribution in [0.15, 0.2) is 54.2 Å².